The van der Waals surface area contributed by atoms with Gasteiger partial charge in [0.15, 0.2) is 0 Å². The van der Waals surface area contributed by atoms with E-state index < -0.39 is 11.9 Å². The molecule has 0 bridgehead atoms. The van der Waals surface area contributed by atoms with Crippen molar-refractivity contribution in [2.45, 2.75) is 41.5 Å². The minimum atomic E-state index is -0.625. The van der Waals surface area contributed by atoms with Crippen LogP contribution in [0, 0.1) is 0 Å². The second-order valence-corrected chi connectivity index (χ2v) is 11.3. The molecule has 3 aromatic rings. The van der Waals surface area contributed by atoms with E-state index in [1.165, 1.54) is 11.3 Å². The number of thiophene rings is 3. The van der Waals surface area contributed by atoms with E-state index in [2.05, 4.69) is 59.6 Å². The average molecular weight is 589 g/mol. The first-order valence-electron chi connectivity index (χ1n) is 13.2. The highest BCUT2D eigenvalue weighted by Crippen LogP contribution is 2.43. The van der Waals surface area contributed by atoms with Crippen LogP contribution in [0.4, 0.5) is 20.0 Å². The number of nitrogens with zero attached hydrogens (tertiary/aromatic N) is 4. The number of hydrogen-bond acceptors (Lipinski definition) is 11. The summed E-state index contributed by atoms with van der Waals surface area (Å²) in [7, 11) is 0. The highest BCUT2D eigenvalue weighted by Gasteiger charge is 2.30. The van der Waals surface area contributed by atoms with E-state index in [4.69, 9.17) is 9.47 Å². The summed E-state index contributed by atoms with van der Waals surface area (Å²) in [5.74, 6) is -1.25. The van der Waals surface area contributed by atoms with Gasteiger partial charge in [0.05, 0.1) is 23.2 Å². The summed E-state index contributed by atoms with van der Waals surface area (Å²) < 4.78 is 10.6. The molecule has 0 aliphatic heterocycles. The Labute approximate surface area is 242 Å². The van der Waals surface area contributed by atoms with Crippen molar-refractivity contribution >= 4 is 78.4 Å². The van der Waals surface area contributed by atoms with E-state index in [9.17, 15) is 9.59 Å². The smallest absolute Gasteiger partial charge is 0.342 e. The van der Waals surface area contributed by atoms with Gasteiger partial charge in [0.2, 0.25) is 0 Å². The number of rotatable bonds is 14. The summed E-state index contributed by atoms with van der Waals surface area (Å²) in [6.45, 7) is 15.9. The van der Waals surface area contributed by atoms with Crippen molar-refractivity contribution in [3.05, 3.63) is 45.1 Å². The Morgan fingerprint density at radius 2 is 1.05 bits per heavy atom. The lowest BCUT2D eigenvalue weighted by atomic mass is 10.1. The van der Waals surface area contributed by atoms with Gasteiger partial charge in [-0.05, 0) is 65.8 Å². The van der Waals surface area contributed by atoms with Crippen LogP contribution in [-0.2, 0) is 9.47 Å². The molecule has 0 aliphatic rings. The van der Waals surface area contributed by atoms with Crippen LogP contribution < -0.4 is 9.80 Å². The standard InChI is InChI=1S/C28H36N4O4S3/c1-7-31(8-2)21-15-13-19(37-21)17-29-25-23(27(33)35-11-5)24(28(34)36-12-6)26(39-25)30-18-20-14-16-22(38-20)32(9-3)10-4/h13-18H,7-12H2,1-6H3. The van der Waals surface area contributed by atoms with E-state index in [-0.39, 0.29) is 24.3 Å². The Bertz CT molecular complexity index is 1200. The molecule has 39 heavy (non-hydrogen) atoms. The molecule has 0 fully saturated rings. The summed E-state index contributed by atoms with van der Waals surface area (Å²) in [6.07, 6.45) is 3.43. The lowest BCUT2D eigenvalue weighted by Crippen LogP contribution is -2.20. The van der Waals surface area contributed by atoms with Crippen LogP contribution in [0.5, 0.6) is 0 Å². The summed E-state index contributed by atoms with van der Waals surface area (Å²) in [6, 6.07) is 8.12. The largest absolute Gasteiger partial charge is 0.462 e. The third kappa shape index (κ3) is 7.55. The van der Waals surface area contributed by atoms with Gasteiger partial charge in [-0.2, -0.15) is 0 Å². The monoisotopic (exact) mass is 588 g/mol. The van der Waals surface area contributed by atoms with Crippen LogP contribution in [0.3, 0.4) is 0 Å². The van der Waals surface area contributed by atoms with E-state index in [0.717, 1.165) is 45.9 Å². The first-order chi connectivity index (χ1) is 18.9. The zero-order chi connectivity index (χ0) is 28.4. The zero-order valence-corrected chi connectivity index (χ0v) is 25.8. The number of carbonyl (C=O) groups is 2. The van der Waals surface area contributed by atoms with Crippen molar-refractivity contribution < 1.29 is 19.1 Å². The molecule has 3 rings (SSSR count). The SMILES string of the molecule is CCOC(=O)c1c(N=Cc2ccc(N(CC)CC)s2)sc(N=Cc2ccc(N(CC)CC)s2)c1C(=O)OCC. The van der Waals surface area contributed by atoms with Crippen molar-refractivity contribution in [2.24, 2.45) is 9.98 Å². The van der Waals surface area contributed by atoms with Gasteiger partial charge in [-0.25, -0.2) is 19.6 Å². The van der Waals surface area contributed by atoms with Gasteiger partial charge < -0.3 is 19.3 Å². The third-order valence-electron chi connectivity index (χ3n) is 5.82. The topological polar surface area (TPSA) is 83.8 Å². The van der Waals surface area contributed by atoms with Gasteiger partial charge in [0.1, 0.15) is 21.1 Å². The Morgan fingerprint density at radius 3 is 1.38 bits per heavy atom. The quantitative estimate of drug-likeness (QED) is 0.144. The fraction of sp³-hybridized carbons (Fsp3) is 0.429. The van der Waals surface area contributed by atoms with E-state index in [0.29, 0.717) is 10.0 Å². The maximum absolute atomic E-state index is 13.1. The van der Waals surface area contributed by atoms with Gasteiger partial charge in [-0.1, -0.05) is 11.3 Å². The van der Waals surface area contributed by atoms with Crippen LogP contribution in [0.15, 0.2) is 34.3 Å². The van der Waals surface area contributed by atoms with Crippen LogP contribution in [0.1, 0.15) is 72.0 Å². The molecule has 3 heterocycles. The molecule has 11 heteroatoms. The van der Waals surface area contributed by atoms with Gasteiger partial charge in [-0.15, -0.1) is 22.7 Å². The molecule has 8 nitrogen and oxygen atoms in total. The highest BCUT2D eigenvalue weighted by molar-refractivity contribution is 7.21. The second kappa shape index (κ2) is 14.9. The second-order valence-electron chi connectivity index (χ2n) is 8.12. The van der Waals surface area contributed by atoms with E-state index >= 15 is 0 Å². The Morgan fingerprint density at radius 1 is 0.667 bits per heavy atom. The van der Waals surface area contributed by atoms with Crippen LogP contribution >= 0.6 is 34.0 Å². The molecule has 0 saturated carbocycles. The van der Waals surface area contributed by atoms with Crippen molar-refractivity contribution in [1.82, 2.24) is 0 Å². The minimum absolute atomic E-state index is 0.0826. The van der Waals surface area contributed by atoms with Crippen molar-refractivity contribution in [3.8, 4) is 0 Å². The molecule has 0 amide bonds. The molecule has 0 N–H and O–H groups in total. The van der Waals surface area contributed by atoms with Crippen LogP contribution in [-0.4, -0.2) is 63.8 Å². The number of esters is 2. The molecule has 0 spiro atoms. The molecule has 0 saturated heterocycles. The first kappa shape index (κ1) is 30.5. The number of hydrogen-bond donors (Lipinski definition) is 0. The minimum Gasteiger partial charge on any atom is -0.462 e. The molecular formula is C28H36N4O4S3. The normalized spacial score (nSPS) is 11.4. The number of carbonyl (C=O) groups excluding carboxylic acids is 2. The molecule has 0 radical (unpaired) electrons. The van der Waals surface area contributed by atoms with Crippen LogP contribution in [0.2, 0.25) is 0 Å². The number of ether oxygens (including phenoxy) is 2. The van der Waals surface area contributed by atoms with Gasteiger partial charge in [-0.3, -0.25) is 0 Å². The summed E-state index contributed by atoms with van der Waals surface area (Å²) >= 11 is 4.40. The molecule has 0 unspecified atom stereocenters. The summed E-state index contributed by atoms with van der Waals surface area (Å²) in [4.78, 5) is 41.8. The third-order valence-corrected chi connectivity index (χ3v) is 8.99. The maximum atomic E-state index is 13.1. The zero-order valence-electron chi connectivity index (χ0n) is 23.4. The Hall–Kier alpha value is -3.02. The van der Waals surface area contributed by atoms with E-state index in [1.54, 1.807) is 49.0 Å². The Kier molecular flexibility index (Phi) is 11.7. The number of anilines is 2. The number of aliphatic imine (C=N–C) groups is 2. The summed E-state index contributed by atoms with van der Waals surface area (Å²) in [5.41, 5.74) is 0.165. The molecule has 0 atom stereocenters. The molecule has 0 aromatic carbocycles. The molecule has 210 valence electrons. The lowest BCUT2D eigenvalue weighted by Gasteiger charge is -2.17. The first-order valence-corrected chi connectivity index (χ1v) is 15.6. The van der Waals surface area contributed by atoms with Crippen molar-refractivity contribution in [2.75, 3.05) is 49.2 Å². The van der Waals surface area contributed by atoms with E-state index in [1.807, 2.05) is 12.1 Å². The average Bonchev–Trinajstić information content (AvgIpc) is 3.67. The maximum Gasteiger partial charge on any atom is 0.342 e. The van der Waals surface area contributed by atoms with Gasteiger partial charge >= 0.3 is 11.9 Å². The predicted octanol–water partition coefficient (Wildman–Crippen LogP) is 7.42. The predicted molar refractivity (Wildman–Crippen MR) is 166 cm³/mol. The fourth-order valence-corrected chi connectivity index (χ4v) is 6.83. The van der Waals surface area contributed by atoms with Gasteiger partial charge in [0, 0.05) is 48.4 Å². The Balaban J connectivity index is 2.05. The summed E-state index contributed by atoms with van der Waals surface area (Å²) in [5, 5.41) is 3.01. The highest BCUT2D eigenvalue weighted by atomic mass is 32.1. The van der Waals surface area contributed by atoms with Crippen molar-refractivity contribution in [1.29, 1.82) is 0 Å². The van der Waals surface area contributed by atoms with Gasteiger partial charge in [0.25, 0.3) is 0 Å². The molecule has 3 aromatic heterocycles. The lowest BCUT2D eigenvalue weighted by molar-refractivity contribution is 0.0481. The van der Waals surface area contributed by atoms with Crippen molar-refractivity contribution in [3.63, 3.8) is 0 Å². The molecular weight excluding hydrogens is 553 g/mol. The fourth-order valence-electron chi connectivity index (χ4n) is 3.85. The van der Waals surface area contributed by atoms with Crippen LogP contribution in [0.25, 0.3) is 0 Å². The molecule has 0 aliphatic carbocycles.